The molecule has 28 heavy (non-hydrogen) atoms. The van der Waals surface area contributed by atoms with Crippen molar-refractivity contribution in [2.75, 3.05) is 6.61 Å². The fourth-order valence-corrected chi connectivity index (χ4v) is 3.71. The molecular formula is C19H25F3N2O4. The highest BCUT2D eigenvalue weighted by Gasteiger charge is 2.43. The van der Waals surface area contributed by atoms with Gasteiger partial charge in [-0.2, -0.15) is 13.2 Å². The summed E-state index contributed by atoms with van der Waals surface area (Å²) in [7, 11) is 0. The van der Waals surface area contributed by atoms with Gasteiger partial charge in [-0.1, -0.05) is 13.8 Å². The Hall–Kier alpha value is -2.00. The van der Waals surface area contributed by atoms with Crippen molar-refractivity contribution >= 4 is 11.0 Å². The number of benzene rings is 1. The maximum Gasteiger partial charge on any atom is 0.418 e. The molecule has 0 saturated heterocycles. The van der Waals surface area contributed by atoms with Crippen molar-refractivity contribution in [2.45, 2.75) is 64.6 Å². The molecule has 9 heteroatoms. The molecule has 156 valence electrons. The smallest absolute Gasteiger partial charge is 0.418 e. The van der Waals surface area contributed by atoms with Gasteiger partial charge in [-0.25, -0.2) is 4.79 Å². The van der Waals surface area contributed by atoms with E-state index < -0.39 is 35.8 Å². The number of nitrogens with zero attached hydrogens (tertiary/aromatic N) is 2. The Bertz CT molecular complexity index is 920. The molecule has 2 N–H and O–H groups in total. The van der Waals surface area contributed by atoms with Gasteiger partial charge in [0, 0.05) is 12.1 Å². The summed E-state index contributed by atoms with van der Waals surface area (Å²) < 4.78 is 48.9. The van der Waals surface area contributed by atoms with Gasteiger partial charge in [-0.15, -0.1) is 0 Å². The van der Waals surface area contributed by atoms with E-state index in [2.05, 4.69) is 0 Å². The highest BCUT2D eigenvalue weighted by molar-refractivity contribution is 5.82. The predicted octanol–water partition coefficient (Wildman–Crippen LogP) is 3.28. The molecule has 1 aliphatic carbocycles. The fourth-order valence-electron chi connectivity index (χ4n) is 3.71. The van der Waals surface area contributed by atoms with E-state index in [0.717, 1.165) is 15.2 Å². The number of rotatable bonds is 6. The van der Waals surface area contributed by atoms with Crippen LogP contribution in [0.2, 0.25) is 0 Å². The van der Waals surface area contributed by atoms with Crippen molar-refractivity contribution in [1.29, 1.82) is 0 Å². The van der Waals surface area contributed by atoms with Crippen LogP contribution in [-0.2, 0) is 12.9 Å². The number of imidazole rings is 1. The summed E-state index contributed by atoms with van der Waals surface area (Å²) in [6.45, 7) is 5.02. The summed E-state index contributed by atoms with van der Waals surface area (Å²) >= 11 is 0. The van der Waals surface area contributed by atoms with Crippen molar-refractivity contribution in [3.05, 3.63) is 28.2 Å². The van der Waals surface area contributed by atoms with Gasteiger partial charge in [-0.05, 0) is 38.2 Å². The SMILES string of the molecule is CC(C)CCOc1cc(C(F)(F)F)c2c(c1)n(CO)c(=O)n2C1CC(C)(O)C1. The number of halogens is 3. The van der Waals surface area contributed by atoms with Crippen LogP contribution >= 0.6 is 0 Å². The number of hydrogen-bond donors (Lipinski definition) is 2. The molecule has 0 spiro atoms. The van der Waals surface area contributed by atoms with Crippen LogP contribution in [0.15, 0.2) is 16.9 Å². The number of hydrogen-bond acceptors (Lipinski definition) is 4. The molecule has 3 rings (SSSR count). The minimum atomic E-state index is -4.71. The molecule has 6 nitrogen and oxygen atoms in total. The summed E-state index contributed by atoms with van der Waals surface area (Å²) in [6.07, 6.45) is -3.70. The molecule has 0 radical (unpaired) electrons. The Morgan fingerprint density at radius 2 is 1.96 bits per heavy atom. The van der Waals surface area contributed by atoms with Crippen LogP contribution in [0.1, 0.15) is 51.6 Å². The van der Waals surface area contributed by atoms with Crippen molar-refractivity contribution in [1.82, 2.24) is 9.13 Å². The van der Waals surface area contributed by atoms with E-state index in [1.54, 1.807) is 6.92 Å². The average molecular weight is 402 g/mol. The second-order valence-corrected chi connectivity index (χ2v) is 8.15. The fraction of sp³-hybridized carbons (Fsp3) is 0.632. The van der Waals surface area contributed by atoms with Crippen LogP contribution in [0.25, 0.3) is 11.0 Å². The molecule has 1 aromatic carbocycles. The molecule has 0 bridgehead atoms. The van der Waals surface area contributed by atoms with Crippen LogP contribution in [0, 0.1) is 5.92 Å². The Balaban J connectivity index is 2.17. The van der Waals surface area contributed by atoms with Crippen molar-refractivity contribution in [2.24, 2.45) is 5.92 Å². The first-order valence-electron chi connectivity index (χ1n) is 9.26. The minimum absolute atomic E-state index is 0.000399. The summed E-state index contributed by atoms with van der Waals surface area (Å²) in [4.78, 5) is 12.7. The second kappa shape index (κ2) is 7.11. The van der Waals surface area contributed by atoms with E-state index in [1.165, 1.54) is 6.07 Å². The number of aromatic nitrogens is 2. The molecule has 1 aliphatic rings. The van der Waals surface area contributed by atoms with E-state index in [0.29, 0.717) is 12.3 Å². The molecule has 2 aromatic rings. The average Bonchev–Trinajstić information content (AvgIpc) is 2.81. The van der Waals surface area contributed by atoms with Gasteiger partial charge < -0.3 is 14.9 Å². The van der Waals surface area contributed by atoms with Crippen molar-refractivity contribution in [3.8, 4) is 5.75 Å². The lowest BCUT2D eigenvalue weighted by molar-refractivity contribution is -0.136. The zero-order valence-corrected chi connectivity index (χ0v) is 16.1. The lowest BCUT2D eigenvalue weighted by Gasteiger charge is -2.41. The number of ether oxygens (including phenoxy) is 1. The topological polar surface area (TPSA) is 76.6 Å². The highest BCUT2D eigenvalue weighted by atomic mass is 19.4. The third-order valence-electron chi connectivity index (χ3n) is 5.16. The second-order valence-electron chi connectivity index (χ2n) is 8.15. The first-order valence-corrected chi connectivity index (χ1v) is 9.26. The van der Waals surface area contributed by atoms with Gasteiger partial charge >= 0.3 is 11.9 Å². The normalized spacial score (nSPS) is 22.7. The molecule has 0 aliphatic heterocycles. The van der Waals surface area contributed by atoms with Crippen LogP contribution in [0.5, 0.6) is 5.75 Å². The zero-order valence-electron chi connectivity index (χ0n) is 16.1. The number of fused-ring (bicyclic) bond motifs is 1. The molecule has 1 heterocycles. The monoisotopic (exact) mass is 402 g/mol. The van der Waals surface area contributed by atoms with E-state index in [9.17, 15) is 28.2 Å². The van der Waals surface area contributed by atoms with Gasteiger partial charge in [0.05, 0.1) is 28.8 Å². The maximum atomic E-state index is 13.8. The molecular weight excluding hydrogens is 377 g/mol. The zero-order chi connectivity index (χ0) is 20.9. The molecule has 0 unspecified atom stereocenters. The molecule has 0 atom stereocenters. The molecule has 1 aromatic heterocycles. The van der Waals surface area contributed by atoms with Crippen LogP contribution < -0.4 is 10.4 Å². The largest absolute Gasteiger partial charge is 0.493 e. The Morgan fingerprint density at radius 1 is 1.32 bits per heavy atom. The third kappa shape index (κ3) is 3.77. The van der Waals surface area contributed by atoms with Crippen LogP contribution in [-0.4, -0.2) is 31.6 Å². The molecule has 0 amide bonds. The van der Waals surface area contributed by atoms with Gasteiger partial charge in [0.1, 0.15) is 12.5 Å². The summed E-state index contributed by atoms with van der Waals surface area (Å²) in [5, 5.41) is 19.6. The van der Waals surface area contributed by atoms with E-state index in [4.69, 9.17) is 4.74 Å². The Labute approximate surface area is 160 Å². The highest BCUT2D eigenvalue weighted by Crippen LogP contribution is 2.44. The lowest BCUT2D eigenvalue weighted by atomic mass is 9.77. The molecule has 1 fully saturated rings. The Kier molecular flexibility index (Phi) is 5.26. The predicted molar refractivity (Wildman–Crippen MR) is 97.3 cm³/mol. The first kappa shape index (κ1) is 20.7. The third-order valence-corrected chi connectivity index (χ3v) is 5.16. The quantitative estimate of drug-likeness (QED) is 0.778. The first-order chi connectivity index (χ1) is 12.9. The minimum Gasteiger partial charge on any atom is -0.493 e. The summed E-state index contributed by atoms with van der Waals surface area (Å²) in [5.74, 6) is 0.328. The maximum absolute atomic E-state index is 13.8. The van der Waals surface area contributed by atoms with Crippen molar-refractivity contribution in [3.63, 3.8) is 0 Å². The summed E-state index contributed by atoms with van der Waals surface area (Å²) in [6, 6.07) is 1.69. The van der Waals surface area contributed by atoms with E-state index in [-0.39, 0.29) is 36.2 Å². The number of aliphatic hydroxyl groups is 2. The molecule has 1 saturated carbocycles. The van der Waals surface area contributed by atoms with E-state index in [1.807, 2.05) is 13.8 Å². The van der Waals surface area contributed by atoms with E-state index >= 15 is 0 Å². The van der Waals surface area contributed by atoms with Crippen molar-refractivity contribution < 1.29 is 28.1 Å². The van der Waals surface area contributed by atoms with Gasteiger partial charge in [0.2, 0.25) is 0 Å². The number of aliphatic hydroxyl groups excluding tert-OH is 1. The lowest BCUT2D eigenvalue weighted by Crippen LogP contribution is -2.45. The number of alkyl halides is 3. The van der Waals surface area contributed by atoms with Gasteiger partial charge in [0.25, 0.3) is 0 Å². The van der Waals surface area contributed by atoms with Gasteiger partial charge in [-0.3, -0.25) is 9.13 Å². The van der Waals surface area contributed by atoms with Crippen LogP contribution in [0.4, 0.5) is 13.2 Å². The Morgan fingerprint density at radius 3 is 2.46 bits per heavy atom. The summed E-state index contributed by atoms with van der Waals surface area (Å²) in [5.41, 5.74) is -3.06. The van der Waals surface area contributed by atoms with Crippen LogP contribution in [0.3, 0.4) is 0 Å². The standard InChI is InChI=1S/C19H25F3N2O4/c1-11(2)4-5-28-13-6-14(19(20,21)22)16-15(7-13)23(10-25)17(26)24(16)12-8-18(3,27)9-12/h6-7,11-12,25,27H,4-5,8-10H2,1-3H3. The van der Waals surface area contributed by atoms with Gasteiger partial charge in [0.15, 0.2) is 0 Å².